The zero-order valence-corrected chi connectivity index (χ0v) is 18.4. The minimum atomic E-state index is -0.725. The zero-order valence-electron chi connectivity index (χ0n) is 18.4. The van der Waals surface area contributed by atoms with Gasteiger partial charge in [0.15, 0.2) is 0 Å². The Kier molecular flexibility index (Phi) is 6.82. The second-order valence-electron chi connectivity index (χ2n) is 7.88. The molecule has 0 atom stereocenters. The number of carbonyl (C=O) groups excluding carboxylic acids is 3. The first kappa shape index (κ1) is 22.9. The molecule has 8 heteroatoms. The monoisotopic (exact) mass is 439 g/mol. The van der Waals surface area contributed by atoms with Crippen LogP contribution in [-0.4, -0.2) is 36.8 Å². The molecule has 0 radical (unpaired) electrons. The van der Waals surface area contributed by atoms with Crippen molar-refractivity contribution in [3.8, 4) is 17.1 Å². The molecule has 0 aliphatic rings. The first-order chi connectivity index (χ1) is 15.2. The predicted molar refractivity (Wildman–Crippen MR) is 117 cm³/mol. The highest BCUT2D eigenvalue weighted by Gasteiger charge is 2.24. The smallest absolute Gasteiger partial charge is 0.408 e. The van der Waals surface area contributed by atoms with Gasteiger partial charge in [-0.1, -0.05) is 30.3 Å². The van der Waals surface area contributed by atoms with Crippen LogP contribution >= 0.6 is 0 Å². The van der Waals surface area contributed by atoms with Crippen LogP contribution in [0.2, 0.25) is 0 Å². The van der Waals surface area contributed by atoms with E-state index in [0.29, 0.717) is 22.3 Å². The lowest BCUT2D eigenvalue weighted by atomic mass is 10.1. The van der Waals surface area contributed by atoms with E-state index >= 15 is 0 Å². The molecule has 0 aliphatic carbocycles. The summed E-state index contributed by atoms with van der Waals surface area (Å²) in [5.41, 5.74) is 0.726. The second kappa shape index (κ2) is 9.55. The first-order valence-electron chi connectivity index (χ1n) is 10.1. The molecule has 3 rings (SSSR count). The van der Waals surface area contributed by atoms with Gasteiger partial charge in [-0.3, -0.25) is 0 Å². The van der Waals surface area contributed by atoms with Gasteiger partial charge in [0.05, 0.1) is 6.61 Å². The number of fused-ring (bicyclic) bond motifs is 1. The Morgan fingerprint density at radius 3 is 2.41 bits per heavy atom. The Morgan fingerprint density at radius 1 is 1.03 bits per heavy atom. The average molecular weight is 439 g/mol. The van der Waals surface area contributed by atoms with Crippen molar-refractivity contribution in [2.75, 3.05) is 13.2 Å². The van der Waals surface area contributed by atoms with Crippen molar-refractivity contribution in [1.82, 2.24) is 5.32 Å². The largest absolute Gasteiger partial charge is 0.462 e. The predicted octanol–water partition coefficient (Wildman–Crippen LogP) is 4.71. The molecule has 1 amide bonds. The highest BCUT2D eigenvalue weighted by Crippen LogP contribution is 2.36. The number of esters is 2. The summed E-state index contributed by atoms with van der Waals surface area (Å²) in [6, 6.07) is 13.9. The third-order valence-corrected chi connectivity index (χ3v) is 4.18. The molecule has 0 bridgehead atoms. The number of rotatable bonds is 6. The maximum absolute atomic E-state index is 12.7. The van der Waals surface area contributed by atoms with Gasteiger partial charge in [-0.15, -0.1) is 0 Å². The number of carbonyl (C=O) groups is 3. The van der Waals surface area contributed by atoms with Crippen LogP contribution in [0.1, 0.15) is 38.1 Å². The summed E-state index contributed by atoms with van der Waals surface area (Å²) in [6.07, 6.45) is -0.725. The van der Waals surface area contributed by atoms with E-state index in [1.165, 1.54) is 6.07 Å². The van der Waals surface area contributed by atoms with Crippen molar-refractivity contribution < 1.29 is 33.0 Å². The van der Waals surface area contributed by atoms with E-state index < -0.39 is 23.6 Å². The Bertz CT molecular complexity index is 1130. The molecule has 168 valence electrons. The fourth-order valence-electron chi connectivity index (χ4n) is 2.97. The third-order valence-electron chi connectivity index (χ3n) is 4.18. The van der Waals surface area contributed by atoms with Crippen molar-refractivity contribution in [2.45, 2.75) is 33.3 Å². The molecule has 8 nitrogen and oxygen atoms in total. The molecular formula is C24H25NO7. The fourth-order valence-corrected chi connectivity index (χ4v) is 2.97. The zero-order chi connectivity index (χ0) is 23.3. The van der Waals surface area contributed by atoms with E-state index in [4.69, 9.17) is 18.6 Å². The van der Waals surface area contributed by atoms with Gasteiger partial charge in [-0.25, -0.2) is 14.4 Å². The Balaban J connectivity index is 1.84. The van der Waals surface area contributed by atoms with Crippen molar-refractivity contribution >= 4 is 29.0 Å². The third kappa shape index (κ3) is 5.66. The van der Waals surface area contributed by atoms with Crippen molar-refractivity contribution in [3.05, 3.63) is 54.1 Å². The lowest BCUT2D eigenvalue weighted by Crippen LogP contribution is -2.36. The van der Waals surface area contributed by atoms with E-state index in [9.17, 15) is 14.4 Å². The van der Waals surface area contributed by atoms with E-state index in [2.05, 4.69) is 5.32 Å². The van der Waals surface area contributed by atoms with E-state index in [1.807, 2.05) is 30.3 Å². The number of amides is 1. The molecule has 0 fully saturated rings. The van der Waals surface area contributed by atoms with Crippen LogP contribution in [0.15, 0.2) is 52.9 Å². The quantitative estimate of drug-likeness (QED) is 0.438. The van der Waals surface area contributed by atoms with Crippen LogP contribution in [0, 0.1) is 0 Å². The Morgan fingerprint density at radius 2 is 1.75 bits per heavy atom. The molecule has 0 saturated heterocycles. The molecule has 3 aromatic rings. The average Bonchev–Trinajstić information content (AvgIpc) is 3.11. The van der Waals surface area contributed by atoms with Gasteiger partial charge in [0, 0.05) is 10.9 Å². The summed E-state index contributed by atoms with van der Waals surface area (Å²) >= 11 is 0. The topological polar surface area (TPSA) is 104 Å². The van der Waals surface area contributed by atoms with Crippen molar-refractivity contribution in [1.29, 1.82) is 0 Å². The lowest BCUT2D eigenvalue weighted by molar-refractivity contribution is -0.133. The van der Waals surface area contributed by atoms with Crippen LogP contribution in [0.4, 0.5) is 4.79 Å². The van der Waals surface area contributed by atoms with E-state index in [-0.39, 0.29) is 24.5 Å². The standard InChI is InChI=1S/C24H25NO7/c1-5-29-22(27)20-17-13-16(30-19(26)14-25-23(28)32-24(2,3)4)11-12-18(17)31-21(20)15-9-7-6-8-10-15/h6-13H,5,14H2,1-4H3,(H,25,28). The summed E-state index contributed by atoms with van der Waals surface area (Å²) in [5.74, 6) is -0.673. The van der Waals surface area contributed by atoms with E-state index in [0.717, 1.165) is 0 Å². The highest BCUT2D eigenvalue weighted by atomic mass is 16.6. The summed E-state index contributed by atoms with van der Waals surface area (Å²) in [5, 5.41) is 2.79. The summed E-state index contributed by atoms with van der Waals surface area (Å²) in [6.45, 7) is 6.69. The van der Waals surface area contributed by atoms with Crippen molar-refractivity contribution in [2.24, 2.45) is 0 Å². The van der Waals surface area contributed by atoms with E-state index in [1.54, 1.807) is 39.8 Å². The lowest BCUT2D eigenvalue weighted by Gasteiger charge is -2.19. The van der Waals surface area contributed by atoms with Gasteiger partial charge in [-0.2, -0.15) is 0 Å². The normalized spacial score (nSPS) is 11.1. The number of alkyl carbamates (subject to hydrolysis) is 1. The van der Waals surface area contributed by atoms with Crippen LogP contribution in [-0.2, 0) is 14.3 Å². The van der Waals surface area contributed by atoms with Crippen LogP contribution in [0.3, 0.4) is 0 Å². The summed E-state index contributed by atoms with van der Waals surface area (Å²) in [7, 11) is 0. The number of nitrogens with one attached hydrogen (secondary N) is 1. The van der Waals surface area contributed by atoms with Crippen LogP contribution in [0.25, 0.3) is 22.3 Å². The molecule has 0 spiro atoms. The number of benzene rings is 2. The summed E-state index contributed by atoms with van der Waals surface area (Å²) < 4.78 is 21.5. The first-order valence-corrected chi connectivity index (χ1v) is 10.1. The van der Waals surface area contributed by atoms with Gasteiger partial charge >= 0.3 is 18.0 Å². The number of furan rings is 1. The Labute approximate surface area is 185 Å². The second-order valence-corrected chi connectivity index (χ2v) is 7.88. The molecule has 0 saturated carbocycles. The fraction of sp³-hybridized carbons (Fsp3) is 0.292. The summed E-state index contributed by atoms with van der Waals surface area (Å²) in [4.78, 5) is 36.6. The molecule has 2 aromatic carbocycles. The minimum Gasteiger partial charge on any atom is -0.462 e. The van der Waals surface area contributed by atoms with Gasteiger partial charge in [0.1, 0.15) is 34.8 Å². The van der Waals surface area contributed by atoms with Gasteiger partial charge < -0.3 is 23.9 Å². The van der Waals surface area contributed by atoms with Gasteiger partial charge in [-0.05, 0) is 45.9 Å². The molecular weight excluding hydrogens is 414 g/mol. The molecule has 32 heavy (non-hydrogen) atoms. The number of ether oxygens (including phenoxy) is 3. The molecule has 1 N–H and O–H groups in total. The number of hydrogen-bond acceptors (Lipinski definition) is 7. The molecule has 0 unspecified atom stereocenters. The maximum atomic E-state index is 12.7. The van der Waals surface area contributed by atoms with Crippen LogP contribution < -0.4 is 10.1 Å². The number of hydrogen-bond donors (Lipinski definition) is 1. The SMILES string of the molecule is CCOC(=O)c1c(-c2ccccc2)oc2ccc(OC(=O)CNC(=O)OC(C)(C)C)cc12. The van der Waals surface area contributed by atoms with Gasteiger partial charge in [0.2, 0.25) is 0 Å². The highest BCUT2D eigenvalue weighted by molar-refractivity contribution is 6.09. The molecule has 1 heterocycles. The Hall–Kier alpha value is -3.81. The van der Waals surface area contributed by atoms with Crippen LogP contribution in [0.5, 0.6) is 5.75 Å². The molecule has 1 aromatic heterocycles. The van der Waals surface area contributed by atoms with Gasteiger partial charge in [0.25, 0.3) is 0 Å². The molecule has 0 aliphatic heterocycles. The minimum absolute atomic E-state index is 0.194. The van der Waals surface area contributed by atoms with Crippen molar-refractivity contribution in [3.63, 3.8) is 0 Å². The maximum Gasteiger partial charge on any atom is 0.408 e.